The Bertz CT molecular complexity index is 720. The SMILES string of the molecule is Cc1cnc(NC(=O)c2ccccc2S(C)(=O)=O)s1. The van der Waals surface area contributed by atoms with Crippen LogP contribution in [0.4, 0.5) is 5.13 Å². The van der Waals surface area contributed by atoms with Crippen LogP contribution in [0.3, 0.4) is 0 Å². The van der Waals surface area contributed by atoms with Gasteiger partial charge < -0.3 is 0 Å². The average molecular weight is 296 g/mol. The van der Waals surface area contributed by atoms with Gasteiger partial charge in [-0.15, -0.1) is 11.3 Å². The summed E-state index contributed by atoms with van der Waals surface area (Å²) >= 11 is 1.33. The molecule has 0 saturated carbocycles. The van der Waals surface area contributed by atoms with E-state index in [0.29, 0.717) is 5.13 Å². The molecule has 7 heteroatoms. The number of benzene rings is 1. The summed E-state index contributed by atoms with van der Waals surface area (Å²) < 4.78 is 23.2. The Morgan fingerprint density at radius 2 is 2.00 bits per heavy atom. The first kappa shape index (κ1) is 13.7. The van der Waals surface area contributed by atoms with Gasteiger partial charge in [-0.25, -0.2) is 13.4 Å². The van der Waals surface area contributed by atoms with Gasteiger partial charge in [-0.2, -0.15) is 0 Å². The van der Waals surface area contributed by atoms with Gasteiger partial charge in [0.15, 0.2) is 15.0 Å². The van der Waals surface area contributed by atoms with Crippen LogP contribution < -0.4 is 5.32 Å². The van der Waals surface area contributed by atoms with Gasteiger partial charge in [0.2, 0.25) is 0 Å². The molecule has 0 saturated heterocycles. The summed E-state index contributed by atoms with van der Waals surface area (Å²) in [5, 5.41) is 3.05. The Hall–Kier alpha value is -1.73. The molecule has 0 bridgehead atoms. The number of nitrogens with zero attached hydrogens (tertiary/aromatic N) is 1. The maximum atomic E-state index is 12.1. The minimum atomic E-state index is -3.44. The molecule has 0 atom stereocenters. The van der Waals surface area contributed by atoms with Crippen molar-refractivity contribution in [2.24, 2.45) is 0 Å². The summed E-state index contributed by atoms with van der Waals surface area (Å²) in [7, 11) is -3.44. The molecular formula is C12H12N2O3S2. The Kier molecular flexibility index (Phi) is 3.68. The van der Waals surface area contributed by atoms with Gasteiger partial charge >= 0.3 is 0 Å². The van der Waals surface area contributed by atoms with Crippen molar-refractivity contribution in [3.63, 3.8) is 0 Å². The minimum Gasteiger partial charge on any atom is -0.298 e. The van der Waals surface area contributed by atoms with E-state index in [2.05, 4.69) is 10.3 Å². The molecule has 5 nitrogen and oxygen atoms in total. The van der Waals surface area contributed by atoms with Gasteiger partial charge in [0.25, 0.3) is 5.91 Å². The highest BCUT2D eigenvalue weighted by Crippen LogP contribution is 2.20. The summed E-state index contributed by atoms with van der Waals surface area (Å²) in [5.74, 6) is -0.477. The fourth-order valence-corrected chi connectivity index (χ4v) is 3.10. The lowest BCUT2D eigenvalue weighted by molar-refractivity contribution is 0.102. The van der Waals surface area contributed by atoms with E-state index in [0.717, 1.165) is 11.1 Å². The predicted molar refractivity (Wildman–Crippen MR) is 74.4 cm³/mol. The molecule has 1 amide bonds. The number of sulfone groups is 1. The van der Waals surface area contributed by atoms with Crippen LogP contribution in [0, 0.1) is 6.92 Å². The van der Waals surface area contributed by atoms with E-state index in [-0.39, 0.29) is 10.5 Å². The van der Waals surface area contributed by atoms with Crippen molar-refractivity contribution in [2.45, 2.75) is 11.8 Å². The van der Waals surface area contributed by atoms with Crippen LogP contribution in [0.2, 0.25) is 0 Å². The monoisotopic (exact) mass is 296 g/mol. The van der Waals surface area contributed by atoms with E-state index in [9.17, 15) is 13.2 Å². The van der Waals surface area contributed by atoms with Crippen LogP contribution in [0.25, 0.3) is 0 Å². The Balaban J connectivity index is 2.35. The van der Waals surface area contributed by atoms with Gasteiger partial charge in [-0.05, 0) is 19.1 Å². The molecule has 0 spiro atoms. The number of anilines is 1. The molecule has 0 aliphatic heterocycles. The number of hydrogen-bond acceptors (Lipinski definition) is 5. The van der Waals surface area contributed by atoms with Crippen molar-refractivity contribution in [1.29, 1.82) is 0 Å². The van der Waals surface area contributed by atoms with Crippen molar-refractivity contribution in [3.8, 4) is 0 Å². The first-order chi connectivity index (χ1) is 8.88. The molecule has 2 rings (SSSR count). The van der Waals surface area contributed by atoms with E-state index in [1.807, 2.05) is 6.92 Å². The number of carbonyl (C=O) groups is 1. The lowest BCUT2D eigenvalue weighted by Crippen LogP contribution is -2.15. The highest BCUT2D eigenvalue weighted by atomic mass is 32.2. The molecular weight excluding hydrogens is 284 g/mol. The second kappa shape index (κ2) is 5.10. The third-order valence-electron chi connectivity index (χ3n) is 2.37. The quantitative estimate of drug-likeness (QED) is 0.941. The molecule has 1 N–H and O–H groups in total. The first-order valence-corrected chi connectivity index (χ1v) is 8.11. The van der Waals surface area contributed by atoms with E-state index in [1.54, 1.807) is 18.3 Å². The van der Waals surface area contributed by atoms with Crippen molar-refractivity contribution in [3.05, 3.63) is 40.9 Å². The average Bonchev–Trinajstić information content (AvgIpc) is 2.73. The molecule has 1 aromatic heterocycles. The van der Waals surface area contributed by atoms with Gasteiger partial charge in [0.05, 0.1) is 10.5 Å². The number of carbonyl (C=O) groups excluding carboxylic acids is 1. The lowest BCUT2D eigenvalue weighted by atomic mass is 10.2. The van der Waals surface area contributed by atoms with E-state index in [1.165, 1.54) is 23.5 Å². The topological polar surface area (TPSA) is 76.1 Å². The maximum absolute atomic E-state index is 12.1. The van der Waals surface area contributed by atoms with Crippen molar-refractivity contribution in [2.75, 3.05) is 11.6 Å². The number of hydrogen-bond donors (Lipinski definition) is 1. The summed E-state index contributed by atoms with van der Waals surface area (Å²) in [5.41, 5.74) is 0.123. The smallest absolute Gasteiger partial charge is 0.258 e. The van der Waals surface area contributed by atoms with Crippen molar-refractivity contribution >= 4 is 32.2 Å². The summed E-state index contributed by atoms with van der Waals surface area (Å²) in [4.78, 5) is 17.1. The first-order valence-electron chi connectivity index (χ1n) is 5.41. The number of amides is 1. The normalized spacial score (nSPS) is 11.3. The lowest BCUT2D eigenvalue weighted by Gasteiger charge is -2.06. The standard InChI is InChI=1S/C12H12N2O3S2/c1-8-7-13-12(18-8)14-11(15)9-5-3-4-6-10(9)19(2,16)17/h3-7H,1-2H3,(H,13,14,15). The summed E-state index contributed by atoms with van der Waals surface area (Å²) in [6, 6.07) is 6.10. The summed E-state index contributed by atoms with van der Waals surface area (Å²) in [6.07, 6.45) is 2.72. The summed E-state index contributed by atoms with van der Waals surface area (Å²) in [6.45, 7) is 1.87. The molecule has 0 fully saturated rings. The Morgan fingerprint density at radius 1 is 1.32 bits per heavy atom. The Labute approximate surface area is 115 Å². The highest BCUT2D eigenvalue weighted by molar-refractivity contribution is 7.90. The second-order valence-corrected chi connectivity index (χ2v) is 7.22. The number of thiazole rings is 1. The number of rotatable bonds is 3. The van der Waals surface area contributed by atoms with Crippen molar-refractivity contribution in [1.82, 2.24) is 4.98 Å². The van der Waals surface area contributed by atoms with Crippen LogP contribution in [0.5, 0.6) is 0 Å². The predicted octanol–water partition coefficient (Wildman–Crippen LogP) is 2.11. The van der Waals surface area contributed by atoms with Gasteiger partial charge in [0.1, 0.15) is 0 Å². The van der Waals surface area contributed by atoms with Gasteiger partial charge in [-0.1, -0.05) is 12.1 Å². The highest BCUT2D eigenvalue weighted by Gasteiger charge is 2.18. The van der Waals surface area contributed by atoms with E-state index in [4.69, 9.17) is 0 Å². The van der Waals surface area contributed by atoms with Gasteiger partial charge in [0, 0.05) is 17.3 Å². The molecule has 1 aromatic carbocycles. The van der Waals surface area contributed by atoms with Crippen molar-refractivity contribution < 1.29 is 13.2 Å². The van der Waals surface area contributed by atoms with Crippen LogP contribution in [-0.2, 0) is 9.84 Å². The minimum absolute atomic E-state index is 0.0146. The maximum Gasteiger partial charge on any atom is 0.258 e. The van der Waals surface area contributed by atoms with Gasteiger partial charge in [-0.3, -0.25) is 10.1 Å². The number of nitrogens with one attached hydrogen (secondary N) is 1. The van der Waals surface area contributed by atoms with Crippen LogP contribution in [-0.4, -0.2) is 25.6 Å². The zero-order chi connectivity index (χ0) is 14.0. The largest absolute Gasteiger partial charge is 0.298 e. The molecule has 0 radical (unpaired) electrons. The molecule has 0 aliphatic rings. The second-order valence-electron chi connectivity index (χ2n) is 4.00. The van der Waals surface area contributed by atoms with E-state index < -0.39 is 15.7 Å². The fraction of sp³-hybridized carbons (Fsp3) is 0.167. The Morgan fingerprint density at radius 3 is 2.58 bits per heavy atom. The molecule has 100 valence electrons. The van der Waals surface area contributed by atoms with Crippen LogP contribution in [0.15, 0.2) is 35.4 Å². The third kappa shape index (κ3) is 3.18. The molecule has 0 aliphatic carbocycles. The van der Waals surface area contributed by atoms with E-state index >= 15 is 0 Å². The molecule has 1 heterocycles. The zero-order valence-electron chi connectivity index (χ0n) is 10.4. The fourth-order valence-electron chi connectivity index (χ4n) is 1.55. The zero-order valence-corrected chi connectivity index (χ0v) is 12.0. The van der Waals surface area contributed by atoms with Crippen LogP contribution >= 0.6 is 11.3 Å². The number of aromatic nitrogens is 1. The molecule has 19 heavy (non-hydrogen) atoms. The third-order valence-corrected chi connectivity index (χ3v) is 4.36. The molecule has 2 aromatic rings. The number of aryl methyl sites for hydroxylation is 1. The molecule has 0 unspecified atom stereocenters. The van der Waals surface area contributed by atoms with Crippen LogP contribution in [0.1, 0.15) is 15.2 Å².